The van der Waals surface area contributed by atoms with Crippen LogP contribution in [0.4, 0.5) is 11.4 Å². The number of carbonyl (C=O) groups is 1. The van der Waals surface area contributed by atoms with Crippen molar-refractivity contribution >= 4 is 34.1 Å². The van der Waals surface area contributed by atoms with E-state index in [-0.39, 0.29) is 5.78 Å². The van der Waals surface area contributed by atoms with Crippen molar-refractivity contribution in [3.05, 3.63) is 23.8 Å². The summed E-state index contributed by atoms with van der Waals surface area (Å²) in [7, 11) is 0. The number of ketones is 1. The van der Waals surface area contributed by atoms with Gasteiger partial charge in [-0.1, -0.05) is 11.8 Å². The SMILES string of the molecule is CSC(=Nc1cc(C(C)=O)ccc1N1CCCCC1)NC#N. The maximum absolute atomic E-state index is 11.6. The van der Waals surface area contributed by atoms with Gasteiger partial charge in [0.25, 0.3) is 0 Å². The Kier molecular flexibility index (Phi) is 5.84. The third kappa shape index (κ3) is 4.01. The van der Waals surface area contributed by atoms with Crippen LogP contribution >= 0.6 is 11.8 Å². The fourth-order valence-electron chi connectivity index (χ4n) is 2.52. The number of amidine groups is 1. The van der Waals surface area contributed by atoms with Gasteiger partial charge in [0.1, 0.15) is 0 Å². The summed E-state index contributed by atoms with van der Waals surface area (Å²) in [6.45, 7) is 3.55. The number of nitriles is 1. The molecule has 1 aromatic carbocycles. The molecule has 0 aliphatic carbocycles. The first-order chi connectivity index (χ1) is 10.7. The number of piperidine rings is 1. The zero-order valence-electron chi connectivity index (χ0n) is 12.9. The quantitative estimate of drug-likeness (QED) is 0.305. The molecule has 6 heteroatoms. The lowest BCUT2D eigenvalue weighted by molar-refractivity contribution is 0.101. The topological polar surface area (TPSA) is 68.5 Å². The molecule has 0 spiro atoms. The Morgan fingerprint density at radius 3 is 2.68 bits per heavy atom. The van der Waals surface area contributed by atoms with Crippen molar-refractivity contribution in [3.8, 4) is 6.19 Å². The maximum Gasteiger partial charge on any atom is 0.183 e. The van der Waals surface area contributed by atoms with Gasteiger partial charge in [-0.05, 0) is 50.6 Å². The van der Waals surface area contributed by atoms with Crippen molar-refractivity contribution in [1.82, 2.24) is 5.32 Å². The minimum absolute atomic E-state index is 0.0144. The third-order valence-electron chi connectivity index (χ3n) is 3.66. The Morgan fingerprint density at radius 2 is 2.09 bits per heavy atom. The molecule has 116 valence electrons. The highest BCUT2D eigenvalue weighted by atomic mass is 32.2. The summed E-state index contributed by atoms with van der Waals surface area (Å²) < 4.78 is 0. The number of Topliss-reactive ketones (excluding diaryl/α,β-unsaturated/α-hetero) is 1. The van der Waals surface area contributed by atoms with E-state index in [9.17, 15) is 4.79 Å². The van der Waals surface area contributed by atoms with Crippen LogP contribution in [-0.4, -0.2) is 30.3 Å². The average molecular weight is 316 g/mol. The molecular formula is C16H20N4OS. The van der Waals surface area contributed by atoms with E-state index in [2.05, 4.69) is 15.2 Å². The zero-order chi connectivity index (χ0) is 15.9. The summed E-state index contributed by atoms with van der Waals surface area (Å²) in [5.74, 6) is 0.0144. The molecule has 0 radical (unpaired) electrons. The maximum atomic E-state index is 11.6. The van der Waals surface area contributed by atoms with E-state index in [0.29, 0.717) is 10.7 Å². The number of benzene rings is 1. The van der Waals surface area contributed by atoms with Crippen molar-refractivity contribution in [2.45, 2.75) is 26.2 Å². The number of hydrogen-bond donors (Lipinski definition) is 1. The van der Waals surface area contributed by atoms with Gasteiger partial charge in [-0.2, -0.15) is 5.26 Å². The Morgan fingerprint density at radius 1 is 1.36 bits per heavy atom. The highest BCUT2D eigenvalue weighted by molar-refractivity contribution is 8.13. The number of nitrogens with one attached hydrogen (secondary N) is 1. The first-order valence-corrected chi connectivity index (χ1v) is 8.56. The lowest BCUT2D eigenvalue weighted by Gasteiger charge is -2.30. The molecule has 22 heavy (non-hydrogen) atoms. The standard InChI is InChI=1S/C16H20N4OS/c1-12(21)13-6-7-15(20-8-4-3-5-9-20)14(10-13)19-16(22-2)18-11-17/h6-7,10H,3-5,8-9H2,1-2H3,(H,18,19). The molecule has 0 saturated carbocycles. The normalized spacial score (nSPS) is 15.3. The van der Waals surface area contributed by atoms with Crippen LogP contribution in [0.2, 0.25) is 0 Å². The zero-order valence-corrected chi connectivity index (χ0v) is 13.7. The van der Waals surface area contributed by atoms with E-state index in [1.807, 2.05) is 30.6 Å². The highest BCUT2D eigenvalue weighted by Gasteiger charge is 2.16. The van der Waals surface area contributed by atoms with Gasteiger partial charge in [0.2, 0.25) is 0 Å². The van der Waals surface area contributed by atoms with Gasteiger partial charge in [-0.3, -0.25) is 10.1 Å². The highest BCUT2D eigenvalue weighted by Crippen LogP contribution is 2.32. The van der Waals surface area contributed by atoms with Crippen molar-refractivity contribution in [2.24, 2.45) is 4.99 Å². The molecule has 1 aliphatic heterocycles. The summed E-state index contributed by atoms with van der Waals surface area (Å²) >= 11 is 1.37. The number of aliphatic imine (C=N–C) groups is 1. The van der Waals surface area contributed by atoms with Crippen LogP contribution in [-0.2, 0) is 0 Å². The van der Waals surface area contributed by atoms with Crippen LogP contribution in [0.25, 0.3) is 0 Å². The number of nitrogens with zero attached hydrogens (tertiary/aromatic N) is 3. The number of thioether (sulfide) groups is 1. The molecule has 1 aliphatic rings. The lowest BCUT2D eigenvalue weighted by Crippen LogP contribution is -2.29. The molecule has 1 saturated heterocycles. The summed E-state index contributed by atoms with van der Waals surface area (Å²) in [5, 5.41) is 11.9. The Bertz CT molecular complexity index is 615. The molecule has 0 atom stereocenters. The molecule has 0 aromatic heterocycles. The molecule has 1 fully saturated rings. The van der Waals surface area contributed by atoms with Crippen molar-refractivity contribution < 1.29 is 4.79 Å². The van der Waals surface area contributed by atoms with Gasteiger partial charge in [-0.25, -0.2) is 4.99 Å². The molecule has 5 nitrogen and oxygen atoms in total. The largest absolute Gasteiger partial charge is 0.370 e. The summed E-state index contributed by atoms with van der Waals surface area (Å²) in [4.78, 5) is 18.5. The number of anilines is 1. The van der Waals surface area contributed by atoms with E-state index in [1.54, 1.807) is 6.92 Å². The summed E-state index contributed by atoms with van der Waals surface area (Å²) in [5.41, 5.74) is 2.40. The second kappa shape index (κ2) is 7.85. The van der Waals surface area contributed by atoms with Gasteiger partial charge in [-0.15, -0.1) is 0 Å². The number of hydrogen-bond acceptors (Lipinski definition) is 5. The van der Waals surface area contributed by atoms with E-state index in [4.69, 9.17) is 5.26 Å². The molecule has 0 amide bonds. The van der Waals surface area contributed by atoms with Crippen LogP contribution in [0.3, 0.4) is 0 Å². The summed E-state index contributed by atoms with van der Waals surface area (Å²) in [6.07, 6.45) is 7.35. The van der Waals surface area contributed by atoms with E-state index >= 15 is 0 Å². The predicted molar refractivity (Wildman–Crippen MR) is 91.9 cm³/mol. The van der Waals surface area contributed by atoms with Crippen LogP contribution in [0.5, 0.6) is 0 Å². The molecule has 0 unspecified atom stereocenters. The van der Waals surface area contributed by atoms with E-state index < -0.39 is 0 Å². The summed E-state index contributed by atoms with van der Waals surface area (Å²) in [6, 6.07) is 5.62. The molecule has 2 rings (SSSR count). The van der Waals surface area contributed by atoms with Crippen LogP contribution in [0.1, 0.15) is 36.5 Å². The molecular weight excluding hydrogens is 296 g/mol. The average Bonchev–Trinajstić information content (AvgIpc) is 2.55. The Balaban J connectivity index is 2.43. The Hall–Kier alpha value is -2.00. The monoisotopic (exact) mass is 316 g/mol. The molecule has 1 aromatic rings. The van der Waals surface area contributed by atoms with E-state index in [0.717, 1.165) is 24.5 Å². The van der Waals surface area contributed by atoms with Gasteiger partial charge >= 0.3 is 0 Å². The Labute approximate surface area is 135 Å². The minimum atomic E-state index is 0.0144. The fraction of sp³-hybridized carbons (Fsp3) is 0.438. The minimum Gasteiger partial charge on any atom is -0.370 e. The second-order valence-electron chi connectivity index (χ2n) is 5.17. The van der Waals surface area contributed by atoms with Crippen molar-refractivity contribution in [2.75, 3.05) is 24.2 Å². The van der Waals surface area contributed by atoms with Crippen molar-refractivity contribution in [1.29, 1.82) is 5.26 Å². The fourth-order valence-corrected chi connectivity index (χ4v) is 2.85. The van der Waals surface area contributed by atoms with Gasteiger partial charge in [0.05, 0.1) is 11.4 Å². The van der Waals surface area contributed by atoms with Gasteiger partial charge < -0.3 is 4.90 Å². The second-order valence-corrected chi connectivity index (χ2v) is 5.96. The third-order valence-corrected chi connectivity index (χ3v) is 4.24. The predicted octanol–water partition coefficient (Wildman–Crippen LogP) is 3.30. The first kappa shape index (κ1) is 16.4. The van der Waals surface area contributed by atoms with Crippen LogP contribution in [0.15, 0.2) is 23.2 Å². The lowest BCUT2D eigenvalue weighted by atomic mass is 10.1. The number of carbonyl (C=O) groups excluding carboxylic acids is 1. The number of rotatable bonds is 3. The van der Waals surface area contributed by atoms with Gasteiger partial charge in [0.15, 0.2) is 17.1 Å². The first-order valence-electron chi connectivity index (χ1n) is 7.33. The molecule has 1 heterocycles. The smallest absolute Gasteiger partial charge is 0.183 e. The van der Waals surface area contributed by atoms with Gasteiger partial charge in [0, 0.05) is 18.7 Å². The molecule has 1 N–H and O–H groups in total. The van der Waals surface area contributed by atoms with E-state index in [1.165, 1.54) is 31.0 Å². The van der Waals surface area contributed by atoms with Crippen LogP contribution < -0.4 is 10.2 Å². The van der Waals surface area contributed by atoms with Crippen molar-refractivity contribution in [3.63, 3.8) is 0 Å². The van der Waals surface area contributed by atoms with Crippen LogP contribution in [0, 0.1) is 11.5 Å². The molecule has 0 bridgehead atoms.